The maximum Gasteiger partial charge on any atom is 0.200 e. The second kappa shape index (κ2) is 3.30. The summed E-state index contributed by atoms with van der Waals surface area (Å²) in [4.78, 5) is 26.9. The summed E-state index contributed by atoms with van der Waals surface area (Å²) in [5.41, 5.74) is 0.937. The second-order valence-electron chi connectivity index (χ2n) is 4.22. The van der Waals surface area contributed by atoms with Crippen molar-refractivity contribution in [3.8, 4) is 0 Å². The van der Waals surface area contributed by atoms with Gasteiger partial charge in [0.15, 0.2) is 11.2 Å². The molecule has 0 amide bonds. The van der Waals surface area contributed by atoms with E-state index >= 15 is 0 Å². The van der Waals surface area contributed by atoms with Gasteiger partial charge < -0.3 is 4.98 Å². The van der Waals surface area contributed by atoms with Crippen molar-refractivity contribution < 1.29 is 4.79 Å². The van der Waals surface area contributed by atoms with Crippen LogP contribution in [0.1, 0.15) is 23.2 Å². The Labute approximate surface area is 92.1 Å². The number of hydrogen-bond acceptors (Lipinski definition) is 2. The molecule has 3 heteroatoms. The third-order valence-corrected chi connectivity index (χ3v) is 3.00. The number of pyridine rings is 1. The molecule has 1 aromatic heterocycles. The van der Waals surface area contributed by atoms with Gasteiger partial charge in [-0.25, -0.2) is 0 Å². The van der Waals surface area contributed by atoms with Gasteiger partial charge in [0.05, 0.1) is 5.56 Å². The van der Waals surface area contributed by atoms with Gasteiger partial charge >= 0.3 is 0 Å². The molecule has 3 rings (SSSR count). The summed E-state index contributed by atoms with van der Waals surface area (Å²) in [6, 6.07) is 7.25. The zero-order valence-electron chi connectivity index (χ0n) is 8.69. The third-order valence-electron chi connectivity index (χ3n) is 3.00. The summed E-state index contributed by atoms with van der Waals surface area (Å²) in [7, 11) is 0. The number of nitrogens with one attached hydrogen (secondary N) is 1. The van der Waals surface area contributed by atoms with Gasteiger partial charge in [0, 0.05) is 23.0 Å². The van der Waals surface area contributed by atoms with E-state index in [-0.39, 0.29) is 17.1 Å². The molecule has 1 saturated carbocycles. The lowest BCUT2D eigenvalue weighted by atomic mass is 10.1. The first-order chi connectivity index (χ1) is 7.77. The van der Waals surface area contributed by atoms with Crippen molar-refractivity contribution in [2.24, 2.45) is 5.92 Å². The number of hydrogen-bond donors (Lipinski definition) is 1. The zero-order valence-corrected chi connectivity index (χ0v) is 8.69. The zero-order chi connectivity index (χ0) is 11.1. The van der Waals surface area contributed by atoms with Gasteiger partial charge in [0.25, 0.3) is 0 Å². The lowest BCUT2D eigenvalue weighted by molar-refractivity contribution is 0.0966. The maximum atomic E-state index is 12.1. The van der Waals surface area contributed by atoms with E-state index in [1.165, 1.54) is 0 Å². The lowest BCUT2D eigenvalue weighted by Crippen LogP contribution is -2.16. The topological polar surface area (TPSA) is 49.9 Å². The Kier molecular flexibility index (Phi) is 1.93. The highest BCUT2D eigenvalue weighted by molar-refractivity contribution is 6.01. The monoisotopic (exact) mass is 213 g/mol. The first-order valence-corrected chi connectivity index (χ1v) is 5.42. The molecule has 1 aliphatic carbocycles. The molecule has 1 heterocycles. The van der Waals surface area contributed by atoms with Crippen LogP contribution < -0.4 is 5.43 Å². The summed E-state index contributed by atoms with van der Waals surface area (Å²) in [6.45, 7) is 0. The maximum absolute atomic E-state index is 12.1. The van der Waals surface area contributed by atoms with Crippen molar-refractivity contribution in [2.45, 2.75) is 12.8 Å². The Morgan fingerprint density at radius 3 is 2.75 bits per heavy atom. The number of carbonyl (C=O) groups excluding carboxylic acids is 1. The quantitative estimate of drug-likeness (QED) is 0.777. The minimum absolute atomic E-state index is 0.00740. The van der Waals surface area contributed by atoms with E-state index in [0.29, 0.717) is 10.9 Å². The van der Waals surface area contributed by atoms with Crippen molar-refractivity contribution in [3.05, 3.63) is 46.2 Å². The van der Waals surface area contributed by atoms with E-state index in [1.54, 1.807) is 12.3 Å². The van der Waals surface area contributed by atoms with E-state index in [1.807, 2.05) is 18.2 Å². The molecule has 1 aromatic carbocycles. The predicted molar refractivity (Wildman–Crippen MR) is 61.6 cm³/mol. The highest BCUT2D eigenvalue weighted by atomic mass is 16.1. The third kappa shape index (κ3) is 1.36. The van der Waals surface area contributed by atoms with Crippen molar-refractivity contribution in [1.29, 1.82) is 0 Å². The Morgan fingerprint density at radius 2 is 2.00 bits per heavy atom. The van der Waals surface area contributed by atoms with Crippen molar-refractivity contribution in [2.75, 3.05) is 0 Å². The average Bonchev–Trinajstić information content (AvgIpc) is 3.13. The molecular weight excluding hydrogens is 202 g/mol. The van der Waals surface area contributed by atoms with Crippen LogP contribution in [0.5, 0.6) is 0 Å². The number of H-pyrrole nitrogens is 1. The molecule has 3 nitrogen and oxygen atoms in total. The molecule has 1 fully saturated rings. The molecule has 1 N–H and O–H groups in total. The number of aromatic amines is 1. The Bertz CT molecular complexity index is 623. The number of fused-ring (bicyclic) bond motifs is 1. The van der Waals surface area contributed by atoms with Crippen LogP contribution >= 0.6 is 0 Å². The second-order valence-corrected chi connectivity index (χ2v) is 4.22. The Morgan fingerprint density at radius 1 is 1.25 bits per heavy atom. The molecule has 0 radical (unpaired) electrons. The number of rotatable bonds is 2. The Hall–Kier alpha value is -1.90. The molecule has 1 aliphatic rings. The molecular formula is C13H11NO2. The highest BCUT2D eigenvalue weighted by Gasteiger charge is 2.31. The number of Topliss-reactive ketones (excluding diaryl/α,β-unsaturated/α-hetero) is 1. The van der Waals surface area contributed by atoms with Crippen molar-refractivity contribution in [1.82, 2.24) is 4.98 Å². The largest absolute Gasteiger partial charge is 0.360 e. The van der Waals surface area contributed by atoms with Gasteiger partial charge in [-0.05, 0) is 25.0 Å². The number of ketones is 1. The summed E-state index contributed by atoms with van der Waals surface area (Å²) in [5, 5.41) is 0.592. The summed E-state index contributed by atoms with van der Waals surface area (Å²) < 4.78 is 0. The fourth-order valence-corrected chi connectivity index (χ4v) is 1.92. The minimum Gasteiger partial charge on any atom is -0.360 e. The molecule has 16 heavy (non-hydrogen) atoms. The molecule has 0 spiro atoms. The number of benzene rings is 1. The van der Waals surface area contributed by atoms with Crippen LogP contribution in [0.15, 0.2) is 35.3 Å². The van der Waals surface area contributed by atoms with E-state index in [9.17, 15) is 9.59 Å². The Balaban J connectivity index is 2.23. The molecule has 0 unspecified atom stereocenters. The minimum atomic E-state index is -0.147. The molecule has 0 saturated heterocycles. The normalized spacial score (nSPS) is 15.2. The summed E-state index contributed by atoms with van der Waals surface area (Å²) >= 11 is 0. The lowest BCUT2D eigenvalue weighted by Gasteiger charge is -2.01. The molecule has 0 aliphatic heterocycles. The fraction of sp³-hybridized carbons (Fsp3) is 0.231. The van der Waals surface area contributed by atoms with Crippen molar-refractivity contribution >= 4 is 16.7 Å². The van der Waals surface area contributed by atoms with Crippen LogP contribution in [0.3, 0.4) is 0 Å². The summed E-state index contributed by atoms with van der Waals surface area (Å²) in [6.07, 6.45) is 3.39. The number of aromatic nitrogens is 1. The van der Waals surface area contributed by atoms with Gasteiger partial charge in [0.2, 0.25) is 0 Å². The van der Waals surface area contributed by atoms with Gasteiger partial charge in [-0.15, -0.1) is 0 Å². The molecule has 0 atom stereocenters. The van der Waals surface area contributed by atoms with Gasteiger partial charge in [-0.1, -0.05) is 12.1 Å². The molecule has 2 aromatic rings. The van der Waals surface area contributed by atoms with Crippen LogP contribution in [0.2, 0.25) is 0 Å². The predicted octanol–water partition coefficient (Wildman–Crippen LogP) is 2.12. The first-order valence-electron chi connectivity index (χ1n) is 5.42. The first kappa shape index (κ1) is 9.33. The highest BCUT2D eigenvalue weighted by Crippen LogP contribution is 2.31. The van der Waals surface area contributed by atoms with E-state index in [2.05, 4.69) is 4.98 Å². The van der Waals surface area contributed by atoms with E-state index in [0.717, 1.165) is 18.4 Å². The summed E-state index contributed by atoms with van der Waals surface area (Å²) in [5.74, 6) is 0.0780. The molecule has 0 bridgehead atoms. The van der Waals surface area contributed by atoms with Crippen molar-refractivity contribution in [3.63, 3.8) is 0 Å². The van der Waals surface area contributed by atoms with E-state index in [4.69, 9.17) is 0 Å². The average molecular weight is 213 g/mol. The molecule has 80 valence electrons. The number of carbonyl (C=O) groups is 1. The van der Waals surface area contributed by atoms with E-state index < -0.39 is 0 Å². The number of para-hydroxylation sites is 1. The smallest absolute Gasteiger partial charge is 0.200 e. The van der Waals surface area contributed by atoms with Crippen LogP contribution in [0.25, 0.3) is 10.9 Å². The van der Waals surface area contributed by atoms with Gasteiger partial charge in [0.1, 0.15) is 0 Å². The van der Waals surface area contributed by atoms with Crippen LogP contribution in [-0.2, 0) is 0 Å². The van der Waals surface area contributed by atoms with Gasteiger partial charge in [-0.3, -0.25) is 9.59 Å². The van der Waals surface area contributed by atoms with Gasteiger partial charge in [-0.2, -0.15) is 0 Å². The fourth-order valence-electron chi connectivity index (χ4n) is 1.92. The van der Waals surface area contributed by atoms with Crippen LogP contribution in [0, 0.1) is 5.92 Å². The SMILES string of the molecule is O=C(c1c[nH]c2ccccc2c1=O)C1CC1. The van der Waals surface area contributed by atoms with Crippen LogP contribution in [-0.4, -0.2) is 10.8 Å². The van der Waals surface area contributed by atoms with Crippen LogP contribution in [0.4, 0.5) is 0 Å². The standard InChI is InChI=1S/C13H11NO2/c15-12(8-5-6-8)10-7-14-11-4-2-1-3-9(11)13(10)16/h1-4,7-8H,5-6H2,(H,14,16).